The molecule has 0 aliphatic carbocycles. The standard InChI is InChI=1S/C22H27N3O2S/c1-15-12-19-20(13-16(15)2)28-22(23-19)25(11-7-10-24(3)4)21(26)17-8-6-9-18(14-17)27-5/h6,8-9,12-14H,7,10-11H2,1-5H3/p+1. The molecule has 1 aromatic heterocycles. The van der Waals surface area contributed by atoms with Gasteiger partial charge in [-0.25, -0.2) is 4.98 Å². The number of hydrogen-bond acceptors (Lipinski definition) is 4. The van der Waals surface area contributed by atoms with E-state index in [9.17, 15) is 4.79 Å². The Kier molecular flexibility index (Phi) is 6.31. The zero-order valence-corrected chi connectivity index (χ0v) is 18.0. The molecular formula is C22H28N3O2S+. The fourth-order valence-corrected chi connectivity index (χ4v) is 4.14. The number of aromatic nitrogens is 1. The van der Waals surface area contributed by atoms with E-state index in [-0.39, 0.29) is 5.91 Å². The van der Waals surface area contributed by atoms with Gasteiger partial charge in [0.2, 0.25) is 0 Å². The largest absolute Gasteiger partial charge is 0.497 e. The number of amides is 1. The average molecular weight is 399 g/mol. The first-order valence-electron chi connectivity index (χ1n) is 9.52. The molecule has 0 bridgehead atoms. The molecule has 0 radical (unpaired) electrons. The second-order valence-electron chi connectivity index (χ2n) is 7.40. The number of quaternary nitrogens is 1. The maximum absolute atomic E-state index is 13.3. The number of nitrogens with zero attached hydrogens (tertiary/aromatic N) is 2. The maximum Gasteiger partial charge on any atom is 0.260 e. The van der Waals surface area contributed by atoms with Gasteiger partial charge in [-0.05, 0) is 55.3 Å². The molecule has 0 aliphatic heterocycles. The lowest BCUT2D eigenvalue weighted by atomic mass is 10.1. The predicted molar refractivity (Wildman–Crippen MR) is 116 cm³/mol. The Bertz CT molecular complexity index is 942. The Morgan fingerprint density at radius 2 is 1.93 bits per heavy atom. The van der Waals surface area contributed by atoms with Gasteiger partial charge in [-0.2, -0.15) is 0 Å². The fraction of sp³-hybridized carbons (Fsp3) is 0.364. The van der Waals surface area contributed by atoms with Crippen LogP contribution in [0.4, 0.5) is 5.13 Å². The third kappa shape index (κ3) is 4.51. The van der Waals surface area contributed by atoms with Gasteiger partial charge in [0, 0.05) is 18.5 Å². The number of thiazole rings is 1. The van der Waals surface area contributed by atoms with Crippen molar-refractivity contribution in [3.05, 3.63) is 53.1 Å². The summed E-state index contributed by atoms with van der Waals surface area (Å²) >= 11 is 1.58. The number of carbonyl (C=O) groups is 1. The van der Waals surface area contributed by atoms with Crippen LogP contribution in [0.5, 0.6) is 5.75 Å². The molecule has 3 rings (SSSR count). The monoisotopic (exact) mass is 398 g/mol. The molecule has 0 unspecified atom stereocenters. The summed E-state index contributed by atoms with van der Waals surface area (Å²) in [5, 5.41) is 0.751. The van der Waals surface area contributed by atoms with Gasteiger partial charge in [0.1, 0.15) is 5.75 Å². The Labute approximate surface area is 170 Å². The number of carbonyl (C=O) groups excluding carboxylic acids is 1. The normalized spacial score (nSPS) is 11.2. The van der Waals surface area contributed by atoms with Crippen LogP contribution in [0.15, 0.2) is 36.4 Å². The number of ether oxygens (including phenoxy) is 1. The van der Waals surface area contributed by atoms with E-state index in [1.165, 1.54) is 16.0 Å². The van der Waals surface area contributed by atoms with Gasteiger partial charge in [-0.1, -0.05) is 17.4 Å². The number of hydrogen-bond donors (Lipinski definition) is 1. The Balaban J connectivity index is 1.97. The van der Waals surface area contributed by atoms with Crippen LogP contribution in [-0.2, 0) is 0 Å². The first kappa shape index (κ1) is 20.3. The molecule has 1 amide bonds. The lowest BCUT2D eigenvalue weighted by Gasteiger charge is -2.20. The van der Waals surface area contributed by atoms with Crippen LogP contribution in [0.1, 0.15) is 27.9 Å². The maximum atomic E-state index is 13.3. The summed E-state index contributed by atoms with van der Waals surface area (Å²) in [6.45, 7) is 5.82. The zero-order chi connectivity index (χ0) is 20.3. The van der Waals surface area contributed by atoms with Gasteiger partial charge in [0.15, 0.2) is 5.13 Å². The molecule has 28 heavy (non-hydrogen) atoms. The van der Waals surface area contributed by atoms with Gasteiger partial charge in [-0.15, -0.1) is 0 Å². The van der Waals surface area contributed by atoms with Crippen LogP contribution in [-0.4, -0.2) is 45.2 Å². The molecule has 6 heteroatoms. The molecule has 0 fully saturated rings. The summed E-state index contributed by atoms with van der Waals surface area (Å²) in [7, 11) is 5.86. The van der Waals surface area contributed by atoms with Crippen LogP contribution < -0.4 is 14.5 Å². The van der Waals surface area contributed by atoms with Crippen molar-refractivity contribution in [2.75, 3.05) is 39.2 Å². The number of aryl methyl sites for hydroxylation is 2. The van der Waals surface area contributed by atoms with Crippen molar-refractivity contribution >= 4 is 32.6 Å². The fourth-order valence-electron chi connectivity index (χ4n) is 3.07. The molecule has 0 atom stereocenters. The first-order chi connectivity index (χ1) is 13.4. The number of rotatable bonds is 7. The second-order valence-corrected chi connectivity index (χ2v) is 8.41. The Morgan fingerprint density at radius 3 is 2.64 bits per heavy atom. The minimum absolute atomic E-state index is 0.0415. The summed E-state index contributed by atoms with van der Waals surface area (Å²) in [6.07, 6.45) is 0.909. The molecule has 1 N–H and O–H groups in total. The Hall–Kier alpha value is -2.44. The molecule has 3 aromatic rings. The molecule has 0 saturated carbocycles. The second kappa shape index (κ2) is 8.71. The zero-order valence-electron chi connectivity index (χ0n) is 17.2. The number of nitrogens with one attached hydrogen (secondary N) is 1. The predicted octanol–water partition coefficient (Wildman–Crippen LogP) is 3.10. The molecule has 0 aliphatic rings. The van der Waals surface area contributed by atoms with Crippen LogP contribution >= 0.6 is 11.3 Å². The van der Waals surface area contributed by atoms with Crippen LogP contribution in [0.3, 0.4) is 0 Å². The molecule has 2 aromatic carbocycles. The van der Waals surface area contributed by atoms with Crippen molar-refractivity contribution in [2.45, 2.75) is 20.3 Å². The average Bonchev–Trinajstić information content (AvgIpc) is 3.07. The molecule has 5 nitrogen and oxygen atoms in total. The number of benzene rings is 2. The van der Waals surface area contributed by atoms with Crippen molar-refractivity contribution in [1.82, 2.24) is 4.98 Å². The quantitative estimate of drug-likeness (QED) is 0.665. The van der Waals surface area contributed by atoms with E-state index in [1.807, 2.05) is 23.1 Å². The minimum atomic E-state index is -0.0415. The van der Waals surface area contributed by atoms with Gasteiger partial charge in [0.25, 0.3) is 5.91 Å². The highest BCUT2D eigenvalue weighted by Gasteiger charge is 2.22. The van der Waals surface area contributed by atoms with E-state index < -0.39 is 0 Å². The van der Waals surface area contributed by atoms with Crippen LogP contribution in [0.25, 0.3) is 10.2 Å². The van der Waals surface area contributed by atoms with E-state index in [1.54, 1.807) is 24.5 Å². The summed E-state index contributed by atoms with van der Waals surface area (Å²) in [5.41, 5.74) is 4.02. The van der Waals surface area contributed by atoms with Gasteiger partial charge < -0.3 is 9.64 Å². The molecule has 0 spiro atoms. The number of anilines is 1. The summed E-state index contributed by atoms with van der Waals surface area (Å²) < 4.78 is 6.40. The lowest BCUT2D eigenvalue weighted by Crippen LogP contribution is -3.05. The molecule has 1 heterocycles. The number of fused-ring (bicyclic) bond motifs is 1. The van der Waals surface area contributed by atoms with Gasteiger partial charge >= 0.3 is 0 Å². The third-order valence-corrected chi connectivity index (χ3v) is 5.89. The van der Waals surface area contributed by atoms with Crippen LogP contribution in [0.2, 0.25) is 0 Å². The lowest BCUT2D eigenvalue weighted by molar-refractivity contribution is -0.858. The Morgan fingerprint density at radius 1 is 1.18 bits per heavy atom. The van der Waals surface area contributed by atoms with E-state index in [0.29, 0.717) is 17.9 Å². The highest BCUT2D eigenvalue weighted by Crippen LogP contribution is 2.32. The van der Waals surface area contributed by atoms with Crippen molar-refractivity contribution in [3.8, 4) is 5.75 Å². The first-order valence-corrected chi connectivity index (χ1v) is 10.3. The summed E-state index contributed by atoms with van der Waals surface area (Å²) in [4.78, 5) is 21.3. The highest BCUT2D eigenvalue weighted by atomic mass is 32.1. The van der Waals surface area contributed by atoms with Crippen molar-refractivity contribution in [1.29, 1.82) is 0 Å². The molecule has 0 saturated heterocycles. The van der Waals surface area contributed by atoms with Crippen molar-refractivity contribution in [2.24, 2.45) is 0 Å². The van der Waals surface area contributed by atoms with Crippen LogP contribution in [0, 0.1) is 13.8 Å². The highest BCUT2D eigenvalue weighted by molar-refractivity contribution is 7.22. The SMILES string of the molecule is COc1cccc(C(=O)N(CCC[NH+](C)C)c2nc3cc(C)c(C)cc3s2)c1. The topological polar surface area (TPSA) is 46.9 Å². The summed E-state index contributed by atoms with van der Waals surface area (Å²) in [6, 6.07) is 11.6. The number of methoxy groups -OCH3 is 1. The van der Waals surface area contributed by atoms with E-state index in [4.69, 9.17) is 9.72 Å². The van der Waals surface area contributed by atoms with Gasteiger partial charge in [-0.3, -0.25) is 9.69 Å². The van der Waals surface area contributed by atoms with Crippen molar-refractivity contribution < 1.29 is 14.4 Å². The van der Waals surface area contributed by atoms with E-state index in [0.717, 1.165) is 28.3 Å². The van der Waals surface area contributed by atoms with Gasteiger partial charge in [0.05, 0.1) is 38.0 Å². The summed E-state index contributed by atoms with van der Waals surface area (Å²) in [5.74, 6) is 0.638. The molecule has 148 valence electrons. The molecular weight excluding hydrogens is 370 g/mol. The van der Waals surface area contributed by atoms with E-state index in [2.05, 4.69) is 40.1 Å². The smallest absolute Gasteiger partial charge is 0.260 e. The van der Waals surface area contributed by atoms with E-state index >= 15 is 0 Å². The van der Waals surface area contributed by atoms with Crippen molar-refractivity contribution in [3.63, 3.8) is 0 Å². The minimum Gasteiger partial charge on any atom is -0.497 e. The third-order valence-electron chi connectivity index (χ3n) is 4.84.